The molecule has 2 aromatic heterocycles. The number of nitrogens with one attached hydrogen (secondary N) is 2. The molecule has 10 rings (SSSR count). The summed E-state index contributed by atoms with van der Waals surface area (Å²) in [5, 5.41) is 3.97. The molecule has 2 N–H and O–H groups in total. The lowest BCUT2D eigenvalue weighted by molar-refractivity contribution is 0.635. The number of benzene rings is 5. The van der Waals surface area contributed by atoms with Gasteiger partial charge in [0.1, 0.15) is 0 Å². The van der Waals surface area contributed by atoms with Crippen molar-refractivity contribution < 1.29 is 0 Å². The van der Waals surface area contributed by atoms with Gasteiger partial charge in [0.2, 0.25) is 0 Å². The zero-order valence-corrected chi connectivity index (χ0v) is 22.9. The highest BCUT2D eigenvalue weighted by atomic mass is 14.8. The quantitative estimate of drug-likeness (QED) is 0.215. The van der Waals surface area contributed by atoms with Gasteiger partial charge in [-0.1, -0.05) is 103 Å². The van der Waals surface area contributed by atoms with Crippen molar-refractivity contribution >= 4 is 38.8 Å². The lowest BCUT2D eigenvalue weighted by Gasteiger charge is -2.43. The van der Waals surface area contributed by atoms with E-state index in [0.717, 1.165) is 12.8 Å². The minimum Gasteiger partial charge on any atom is -0.355 e. The third-order valence-corrected chi connectivity index (χ3v) is 10.5. The van der Waals surface area contributed by atoms with Crippen LogP contribution in [0.15, 0.2) is 109 Å². The van der Waals surface area contributed by atoms with Crippen molar-refractivity contribution in [1.82, 2.24) is 9.97 Å². The molecule has 1 atom stereocenters. The Bertz CT molecular complexity index is 2250. The standard InChI is InChI=1S/C39H28N2/c1-38(23-11-3-2-4-12-23)30-21-19-27-25-14-6-10-18-33(25)41-37(27)35(30)39(28-15-7-8-16-29(28)39)31-22-20-26-24-13-5-9-17-32(24)40-36(26)34(31)38/h2-4,6-12,14-22,40-41H,5,13H2,1H3. The van der Waals surface area contributed by atoms with Crippen LogP contribution in [0.3, 0.4) is 0 Å². The van der Waals surface area contributed by atoms with E-state index in [2.05, 4.69) is 132 Å². The van der Waals surface area contributed by atoms with Crippen molar-refractivity contribution in [2.24, 2.45) is 0 Å². The average molecular weight is 525 g/mol. The third-order valence-electron chi connectivity index (χ3n) is 10.5. The van der Waals surface area contributed by atoms with Crippen LogP contribution in [0.5, 0.6) is 0 Å². The van der Waals surface area contributed by atoms with Gasteiger partial charge in [0.15, 0.2) is 0 Å². The molecule has 2 heterocycles. The average Bonchev–Trinajstić information content (AvgIpc) is 3.31. The van der Waals surface area contributed by atoms with Crippen LogP contribution in [0.1, 0.15) is 63.5 Å². The molecular formula is C39H28N2. The predicted molar refractivity (Wildman–Crippen MR) is 169 cm³/mol. The molecule has 2 nitrogen and oxygen atoms in total. The van der Waals surface area contributed by atoms with Gasteiger partial charge in [0.05, 0.1) is 16.4 Å². The number of fused-ring (bicyclic) bond motifs is 15. The Morgan fingerprint density at radius 3 is 2.15 bits per heavy atom. The second kappa shape index (κ2) is 7.27. The minimum absolute atomic E-state index is 0.265. The molecule has 0 aliphatic heterocycles. The Labute approximate surface area is 238 Å². The summed E-state index contributed by atoms with van der Waals surface area (Å²) in [5.41, 5.74) is 15.7. The Morgan fingerprint density at radius 2 is 1.29 bits per heavy atom. The van der Waals surface area contributed by atoms with E-state index in [-0.39, 0.29) is 10.8 Å². The van der Waals surface area contributed by atoms with Crippen molar-refractivity contribution in [2.45, 2.75) is 30.6 Å². The second-order valence-corrected chi connectivity index (χ2v) is 12.2. The first-order valence-electron chi connectivity index (χ1n) is 14.8. The fourth-order valence-electron chi connectivity index (χ4n) is 8.69. The molecule has 7 aromatic rings. The van der Waals surface area contributed by atoms with E-state index in [0.29, 0.717) is 0 Å². The number of rotatable bonds is 1. The maximum Gasteiger partial charge on any atom is 0.0735 e. The van der Waals surface area contributed by atoms with Crippen LogP contribution in [0.25, 0.3) is 38.8 Å². The van der Waals surface area contributed by atoms with Crippen molar-refractivity contribution in [3.05, 3.63) is 159 Å². The highest BCUT2D eigenvalue weighted by Crippen LogP contribution is 2.68. The molecule has 3 aliphatic carbocycles. The zero-order chi connectivity index (χ0) is 26.9. The molecule has 3 aliphatic rings. The molecule has 0 fully saturated rings. The van der Waals surface area contributed by atoms with E-state index in [9.17, 15) is 0 Å². The van der Waals surface area contributed by atoms with Gasteiger partial charge >= 0.3 is 0 Å². The lowest BCUT2D eigenvalue weighted by Crippen LogP contribution is -2.37. The fourth-order valence-corrected chi connectivity index (χ4v) is 8.69. The summed E-state index contributed by atoms with van der Waals surface area (Å²) < 4.78 is 0. The van der Waals surface area contributed by atoms with Crippen LogP contribution in [-0.2, 0) is 17.3 Å². The molecule has 194 valence electrons. The first-order chi connectivity index (χ1) is 20.2. The van der Waals surface area contributed by atoms with Gasteiger partial charge in [-0.2, -0.15) is 0 Å². The van der Waals surface area contributed by atoms with E-state index in [1.807, 2.05) is 0 Å². The maximum absolute atomic E-state index is 3.96. The van der Waals surface area contributed by atoms with Crippen molar-refractivity contribution in [1.29, 1.82) is 0 Å². The number of allylic oxidation sites excluding steroid dienone is 1. The van der Waals surface area contributed by atoms with E-state index >= 15 is 0 Å². The van der Waals surface area contributed by atoms with E-state index in [1.54, 1.807) is 0 Å². The minimum atomic E-state index is -0.348. The molecule has 1 spiro atoms. The van der Waals surface area contributed by atoms with Crippen LogP contribution in [0.2, 0.25) is 0 Å². The molecule has 5 aromatic carbocycles. The molecule has 0 bridgehead atoms. The van der Waals surface area contributed by atoms with Crippen LogP contribution in [0.4, 0.5) is 0 Å². The summed E-state index contributed by atoms with van der Waals surface area (Å²) in [6, 6.07) is 38.7. The molecule has 0 radical (unpaired) electrons. The first kappa shape index (κ1) is 21.9. The van der Waals surface area contributed by atoms with Gasteiger partial charge in [0, 0.05) is 38.3 Å². The Kier molecular flexibility index (Phi) is 3.89. The van der Waals surface area contributed by atoms with Crippen LogP contribution < -0.4 is 0 Å². The molecule has 1 unspecified atom stereocenters. The van der Waals surface area contributed by atoms with Gasteiger partial charge < -0.3 is 9.97 Å². The number of H-pyrrole nitrogens is 2. The van der Waals surface area contributed by atoms with Crippen molar-refractivity contribution in [2.75, 3.05) is 0 Å². The molecule has 0 saturated heterocycles. The van der Waals surface area contributed by atoms with E-state index in [4.69, 9.17) is 0 Å². The fraction of sp³-hybridized carbons (Fsp3) is 0.128. The largest absolute Gasteiger partial charge is 0.355 e. The Balaban J connectivity index is 1.44. The van der Waals surface area contributed by atoms with Gasteiger partial charge in [0.25, 0.3) is 0 Å². The van der Waals surface area contributed by atoms with Crippen LogP contribution in [-0.4, -0.2) is 9.97 Å². The summed E-state index contributed by atoms with van der Waals surface area (Å²) in [5.74, 6) is 0. The second-order valence-electron chi connectivity index (χ2n) is 12.2. The highest BCUT2D eigenvalue weighted by molar-refractivity contribution is 6.11. The van der Waals surface area contributed by atoms with Gasteiger partial charge in [-0.3, -0.25) is 0 Å². The molecule has 0 amide bonds. The van der Waals surface area contributed by atoms with Gasteiger partial charge in [-0.25, -0.2) is 0 Å². The number of aromatic amines is 2. The maximum atomic E-state index is 3.96. The normalized spacial score (nSPS) is 19.3. The van der Waals surface area contributed by atoms with E-state index < -0.39 is 0 Å². The van der Waals surface area contributed by atoms with Crippen molar-refractivity contribution in [3.63, 3.8) is 0 Å². The van der Waals surface area contributed by atoms with Gasteiger partial charge in [-0.05, 0) is 70.9 Å². The summed E-state index contributed by atoms with van der Waals surface area (Å²) in [4.78, 5) is 7.87. The molecule has 2 heteroatoms. The zero-order valence-electron chi connectivity index (χ0n) is 22.9. The van der Waals surface area contributed by atoms with Crippen LogP contribution >= 0.6 is 0 Å². The number of para-hydroxylation sites is 1. The third kappa shape index (κ3) is 2.43. The van der Waals surface area contributed by atoms with Crippen LogP contribution in [0, 0.1) is 0 Å². The number of hydrogen-bond donors (Lipinski definition) is 2. The van der Waals surface area contributed by atoms with Crippen molar-refractivity contribution in [3.8, 4) is 0 Å². The summed E-state index contributed by atoms with van der Waals surface area (Å²) >= 11 is 0. The summed E-state index contributed by atoms with van der Waals surface area (Å²) in [7, 11) is 0. The highest BCUT2D eigenvalue weighted by Gasteiger charge is 2.61. The lowest BCUT2D eigenvalue weighted by atomic mass is 9.58. The summed E-state index contributed by atoms with van der Waals surface area (Å²) in [6.45, 7) is 2.46. The number of aromatic nitrogens is 2. The Morgan fingerprint density at radius 1 is 0.585 bits per heavy atom. The number of aryl methyl sites for hydroxylation is 1. The molecule has 0 saturated carbocycles. The number of hydrogen-bond acceptors (Lipinski definition) is 0. The summed E-state index contributed by atoms with van der Waals surface area (Å²) in [6.07, 6.45) is 6.78. The monoisotopic (exact) mass is 524 g/mol. The SMILES string of the molecule is CC1(c2ccccc2)c2ccc3c([nH]c4ccccc43)c2C2(c3ccccc32)c2ccc3c4c([nH]c3c21)C=CCC4. The van der Waals surface area contributed by atoms with Gasteiger partial charge in [-0.15, -0.1) is 0 Å². The van der Waals surface area contributed by atoms with E-state index in [1.165, 1.54) is 82.9 Å². The predicted octanol–water partition coefficient (Wildman–Crippen LogP) is 9.13. The first-order valence-corrected chi connectivity index (χ1v) is 14.8. The Hall–Kier alpha value is -4.82. The topological polar surface area (TPSA) is 31.6 Å². The molecule has 41 heavy (non-hydrogen) atoms. The molecular weight excluding hydrogens is 496 g/mol. The smallest absolute Gasteiger partial charge is 0.0735 e.